The van der Waals surface area contributed by atoms with Crippen LogP contribution in [0, 0.1) is 0 Å². The van der Waals surface area contributed by atoms with Gasteiger partial charge in [-0.25, -0.2) is 4.98 Å². The van der Waals surface area contributed by atoms with E-state index < -0.39 is 5.91 Å². The number of benzene rings is 3. The van der Waals surface area contributed by atoms with Crippen LogP contribution in [0.5, 0.6) is 5.75 Å². The quantitative estimate of drug-likeness (QED) is 0.388. The highest BCUT2D eigenvalue weighted by molar-refractivity contribution is 6.32. The van der Waals surface area contributed by atoms with Gasteiger partial charge in [-0.15, -0.1) is 0 Å². The number of aromatic amines is 1. The molecule has 3 aromatic carbocycles. The third-order valence-electron chi connectivity index (χ3n) is 5.18. The lowest BCUT2D eigenvalue weighted by Crippen LogP contribution is -2.23. The molecule has 0 atom stereocenters. The number of phenols is 1. The minimum Gasteiger partial charge on any atom is -0.506 e. The molecule has 158 valence electrons. The van der Waals surface area contributed by atoms with Crippen molar-refractivity contribution in [3.05, 3.63) is 93.6 Å². The van der Waals surface area contributed by atoms with Crippen LogP contribution in [0.3, 0.4) is 0 Å². The molecule has 0 radical (unpaired) electrons. The van der Waals surface area contributed by atoms with Gasteiger partial charge in [-0.05, 0) is 36.4 Å². The fourth-order valence-corrected chi connectivity index (χ4v) is 3.75. The summed E-state index contributed by atoms with van der Waals surface area (Å²) < 4.78 is 1.47. The molecule has 5 aromatic rings. The molecule has 9 heteroatoms. The predicted molar refractivity (Wildman–Crippen MR) is 122 cm³/mol. The van der Waals surface area contributed by atoms with E-state index in [1.54, 1.807) is 18.2 Å². The molecular weight excluding hydrogens is 430 g/mol. The second-order valence-corrected chi connectivity index (χ2v) is 7.62. The Kier molecular flexibility index (Phi) is 4.84. The van der Waals surface area contributed by atoms with Crippen LogP contribution < -0.4 is 10.9 Å². The van der Waals surface area contributed by atoms with Crippen LogP contribution in [-0.2, 0) is 6.54 Å². The molecule has 0 spiro atoms. The average Bonchev–Trinajstić information content (AvgIpc) is 3.20. The summed E-state index contributed by atoms with van der Waals surface area (Å²) >= 11 is 5.91. The van der Waals surface area contributed by atoms with Crippen molar-refractivity contribution in [3.63, 3.8) is 0 Å². The molecule has 0 fully saturated rings. The number of para-hydroxylation sites is 1. The third-order valence-corrected chi connectivity index (χ3v) is 5.48. The van der Waals surface area contributed by atoms with E-state index in [-0.39, 0.29) is 33.8 Å². The number of aromatic nitrogens is 4. The number of nitrogens with zero attached hydrogens (tertiary/aromatic N) is 3. The van der Waals surface area contributed by atoms with Crippen molar-refractivity contribution in [2.75, 3.05) is 5.32 Å². The molecule has 8 nitrogen and oxygen atoms in total. The number of rotatable bonds is 4. The maximum Gasteiger partial charge on any atom is 0.263 e. The molecule has 0 saturated heterocycles. The molecule has 0 aliphatic heterocycles. The van der Waals surface area contributed by atoms with Gasteiger partial charge in [0.15, 0.2) is 0 Å². The highest BCUT2D eigenvalue weighted by atomic mass is 35.5. The number of fused-ring (bicyclic) bond motifs is 2. The molecule has 0 aliphatic rings. The van der Waals surface area contributed by atoms with Crippen LogP contribution in [0.15, 0.2) is 71.8 Å². The van der Waals surface area contributed by atoms with Gasteiger partial charge in [0.05, 0.1) is 45.7 Å². The van der Waals surface area contributed by atoms with Crippen LogP contribution in [-0.4, -0.2) is 30.8 Å². The van der Waals surface area contributed by atoms with Crippen molar-refractivity contribution < 1.29 is 9.90 Å². The second kappa shape index (κ2) is 7.82. The van der Waals surface area contributed by atoms with Crippen molar-refractivity contribution >= 4 is 45.0 Å². The second-order valence-electron chi connectivity index (χ2n) is 7.22. The molecule has 1 amide bonds. The van der Waals surface area contributed by atoms with Gasteiger partial charge in [-0.2, -0.15) is 5.10 Å². The van der Waals surface area contributed by atoms with E-state index in [0.29, 0.717) is 11.2 Å². The average molecular weight is 446 g/mol. The number of halogens is 1. The predicted octanol–water partition coefficient (Wildman–Crippen LogP) is 3.93. The first kappa shape index (κ1) is 19.8. The number of aromatic hydroxyl groups is 1. The van der Waals surface area contributed by atoms with Crippen LogP contribution in [0.25, 0.3) is 21.8 Å². The zero-order valence-corrected chi connectivity index (χ0v) is 17.3. The van der Waals surface area contributed by atoms with Gasteiger partial charge in [0.2, 0.25) is 0 Å². The largest absolute Gasteiger partial charge is 0.506 e. The van der Waals surface area contributed by atoms with E-state index in [2.05, 4.69) is 20.5 Å². The number of H-pyrrole nitrogens is 1. The van der Waals surface area contributed by atoms with E-state index in [4.69, 9.17) is 11.6 Å². The summed E-state index contributed by atoms with van der Waals surface area (Å²) in [6, 6.07) is 16.8. The first-order valence-corrected chi connectivity index (χ1v) is 10.1. The number of hydrogen-bond donors (Lipinski definition) is 3. The van der Waals surface area contributed by atoms with Crippen LogP contribution >= 0.6 is 11.6 Å². The Balaban J connectivity index is 1.53. The molecule has 0 saturated carbocycles. The van der Waals surface area contributed by atoms with Gasteiger partial charge < -0.3 is 10.4 Å². The van der Waals surface area contributed by atoms with Crippen LogP contribution in [0.4, 0.5) is 5.69 Å². The number of carbonyl (C=O) groups excluding carboxylic acids is 1. The highest BCUT2D eigenvalue weighted by Gasteiger charge is 2.15. The molecule has 2 heterocycles. The van der Waals surface area contributed by atoms with E-state index in [1.165, 1.54) is 29.1 Å². The van der Waals surface area contributed by atoms with Gasteiger partial charge in [0.1, 0.15) is 5.75 Å². The fourth-order valence-electron chi connectivity index (χ4n) is 3.56. The number of phenolic OH excluding ortho intramolecular Hbond substituents is 1. The third kappa shape index (κ3) is 3.46. The monoisotopic (exact) mass is 445 g/mol. The summed E-state index contributed by atoms with van der Waals surface area (Å²) in [6.45, 7) is 0.248. The Morgan fingerprint density at radius 1 is 1.09 bits per heavy atom. The summed E-state index contributed by atoms with van der Waals surface area (Å²) in [5.41, 5.74) is 2.33. The minimum atomic E-state index is -0.464. The molecule has 0 aliphatic carbocycles. The summed E-state index contributed by atoms with van der Waals surface area (Å²) in [5, 5.41) is 20.8. The van der Waals surface area contributed by atoms with Crippen LogP contribution in [0.2, 0.25) is 5.02 Å². The number of nitrogens with one attached hydrogen (secondary N) is 2. The molecule has 32 heavy (non-hydrogen) atoms. The lowest BCUT2D eigenvalue weighted by atomic mass is 10.1. The van der Waals surface area contributed by atoms with Crippen molar-refractivity contribution in [1.82, 2.24) is 19.7 Å². The van der Waals surface area contributed by atoms with Gasteiger partial charge in [0, 0.05) is 10.9 Å². The van der Waals surface area contributed by atoms with E-state index in [0.717, 1.165) is 16.6 Å². The van der Waals surface area contributed by atoms with Crippen molar-refractivity contribution in [3.8, 4) is 5.75 Å². The Bertz CT molecular complexity index is 1560. The first-order valence-electron chi connectivity index (χ1n) is 9.71. The summed E-state index contributed by atoms with van der Waals surface area (Å²) in [4.78, 5) is 30.4. The Morgan fingerprint density at radius 2 is 1.91 bits per heavy atom. The van der Waals surface area contributed by atoms with Crippen molar-refractivity contribution in [2.45, 2.75) is 6.54 Å². The summed E-state index contributed by atoms with van der Waals surface area (Å²) in [6.07, 6.45) is 1.48. The van der Waals surface area contributed by atoms with E-state index in [1.807, 2.05) is 24.3 Å². The minimum absolute atomic E-state index is 0.0615. The molecule has 3 N–H and O–H groups in total. The normalized spacial score (nSPS) is 11.2. The maximum absolute atomic E-state index is 13.3. The van der Waals surface area contributed by atoms with Gasteiger partial charge in [0.25, 0.3) is 11.5 Å². The van der Waals surface area contributed by atoms with Gasteiger partial charge in [-0.1, -0.05) is 35.9 Å². The summed E-state index contributed by atoms with van der Waals surface area (Å²) in [5.74, 6) is -0.583. The molecule has 5 rings (SSSR count). The molecule has 0 unspecified atom stereocenters. The Labute approximate surface area is 186 Å². The highest BCUT2D eigenvalue weighted by Crippen LogP contribution is 2.25. The lowest BCUT2D eigenvalue weighted by molar-refractivity contribution is 0.102. The molecular formula is C23H16ClN5O3. The first-order chi connectivity index (χ1) is 15.5. The Hall–Kier alpha value is -4.17. The maximum atomic E-state index is 13.3. The molecule has 0 bridgehead atoms. The standard InChI is InChI=1S/C23H16ClN5O3/c24-15-10-13(8-9-20(15)30)22(31)26-18-7-3-6-17-21(18)23(32)29(12-25-17)11-19-14-4-1-2-5-16(14)27-28-19/h1-10,12,30H,11H2,(H,26,31)(H,27,28). The van der Waals surface area contributed by atoms with Gasteiger partial charge >= 0.3 is 0 Å². The number of amides is 1. The SMILES string of the molecule is O=C(Nc1cccc2ncn(Cc3[nH]nc4ccccc34)c(=O)c12)c1ccc(O)c(Cl)c1. The van der Waals surface area contributed by atoms with Crippen molar-refractivity contribution in [1.29, 1.82) is 0 Å². The molecule has 2 aromatic heterocycles. The van der Waals surface area contributed by atoms with Crippen LogP contribution in [0.1, 0.15) is 16.1 Å². The number of anilines is 1. The fraction of sp³-hybridized carbons (Fsp3) is 0.0435. The summed E-state index contributed by atoms with van der Waals surface area (Å²) in [7, 11) is 0. The smallest absolute Gasteiger partial charge is 0.263 e. The number of hydrogen-bond acceptors (Lipinski definition) is 5. The van der Waals surface area contributed by atoms with E-state index in [9.17, 15) is 14.7 Å². The Morgan fingerprint density at radius 3 is 2.75 bits per heavy atom. The van der Waals surface area contributed by atoms with Crippen molar-refractivity contribution in [2.24, 2.45) is 0 Å². The van der Waals surface area contributed by atoms with E-state index >= 15 is 0 Å². The zero-order chi connectivity index (χ0) is 22.2. The topological polar surface area (TPSA) is 113 Å². The zero-order valence-electron chi connectivity index (χ0n) is 16.5. The number of carbonyl (C=O) groups is 1. The lowest BCUT2D eigenvalue weighted by Gasteiger charge is -2.11. The van der Waals surface area contributed by atoms with Gasteiger partial charge in [-0.3, -0.25) is 19.3 Å².